The number of hydrogen-bond acceptors (Lipinski definition) is 1. The summed E-state index contributed by atoms with van der Waals surface area (Å²) >= 11 is 0. The Morgan fingerprint density at radius 1 is 1.09 bits per heavy atom. The molecule has 2 aliphatic rings. The van der Waals surface area contributed by atoms with Crippen molar-refractivity contribution in [1.29, 1.82) is 0 Å². The Balaban J connectivity index is 2.15. The lowest BCUT2D eigenvalue weighted by Crippen LogP contribution is -2.36. The zero-order valence-corrected chi connectivity index (χ0v) is 7.72. The third-order valence-corrected chi connectivity index (χ3v) is 3.87. The van der Waals surface area contributed by atoms with Crippen molar-refractivity contribution in [1.82, 2.24) is 0 Å². The lowest BCUT2D eigenvalue weighted by atomic mass is 9.72. The minimum Gasteiger partial charge on any atom is -0.390 e. The van der Waals surface area contributed by atoms with E-state index in [2.05, 4.69) is 13.8 Å². The topological polar surface area (TPSA) is 20.2 Å². The first kappa shape index (κ1) is 7.60. The molecule has 0 radical (unpaired) electrons. The lowest BCUT2D eigenvalue weighted by Gasteiger charge is -2.37. The molecule has 1 nitrogen and oxygen atoms in total. The van der Waals surface area contributed by atoms with Gasteiger partial charge in [-0.2, -0.15) is 0 Å². The van der Waals surface area contributed by atoms with Crippen LogP contribution in [0.3, 0.4) is 0 Å². The second-order valence-electron chi connectivity index (χ2n) is 5.29. The van der Waals surface area contributed by atoms with Crippen molar-refractivity contribution in [2.75, 3.05) is 0 Å². The van der Waals surface area contributed by atoms with E-state index in [1.54, 1.807) is 0 Å². The van der Waals surface area contributed by atoms with Gasteiger partial charge in [-0.1, -0.05) is 13.8 Å². The van der Waals surface area contributed by atoms with Crippen LogP contribution in [0.1, 0.15) is 40.0 Å². The Labute approximate surface area is 68.8 Å². The summed E-state index contributed by atoms with van der Waals surface area (Å²) < 4.78 is 0. The van der Waals surface area contributed by atoms with E-state index in [4.69, 9.17) is 0 Å². The molecule has 2 rings (SSSR count). The van der Waals surface area contributed by atoms with Gasteiger partial charge in [-0.15, -0.1) is 0 Å². The summed E-state index contributed by atoms with van der Waals surface area (Å²) in [4.78, 5) is 0. The Hall–Kier alpha value is -0.0400. The summed E-state index contributed by atoms with van der Waals surface area (Å²) in [6, 6.07) is 0. The standard InChI is InChI=1S/C10H18O/c1-9(2)4-5-10(3,11)8-6-7(8)9/h7-8,11H,4-6H2,1-3H3. The minimum absolute atomic E-state index is 0.333. The van der Waals surface area contributed by atoms with Crippen LogP contribution in [0.5, 0.6) is 0 Å². The molecule has 0 heterocycles. The molecule has 2 aliphatic carbocycles. The molecule has 64 valence electrons. The largest absolute Gasteiger partial charge is 0.390 e. The molecule has 0 bridgehead atoms. The van der Waals surface area contributed by atoms with Crippen molar-refractivity contribution in [3.8, 4) is 0 Å². The monoisotopic (exact) mass is 154 g/mol. The number of hydrogen-bond donors (Lipinski definition) is 1. The lowest BCUT2D eigenvalue weighted by molar-refractivity contribution is -0.0216. The van der Waals surface area contributed by atoms with Crippen LogP contribution in [0.25, 0.3) is 0 Å². The van der Waals surface area contributed by atoms with E-state index >= 15 is 0 Å². The summed E-state index contributed by atoms with van der Waals surface area (Å²) in [6.07, 6.45) is 3.46. The molecule has 1 heteroatoms. The molecule has 3 unspecified atom stereocenters. The zero-order chi connectivity index (χ0) is 8.28. The second-order valence-corrected chi connectivity index (χ2v) is 5.29. The predicted octanol–water partition coefficient (Wildman–Crippen LogP) is 2.19. The van der Waals surface area contributed by atoms with Gasteiger partial charge in [-0.05, 0) is 43.4 Å². The highest BCUT2D eigenvalue weighted by molar-refractivity contribution is 5.08. The Morgan fingerprint density at radius 2 is 1.73 bits per heavy atom. The Kier molecular flexibility index (Phi) is 1.26. The molecule has 1 N–H and O–H groups in total. The van der Waals surface area contributed by atoms with Gasteiger partial charge in [0.1, 0.15) is 0 Å². The maximum atomic E-state index is 9.92. The molecular formula is C10H18O. The van der Waals surface area contributed by atoms with Crippen LogP contribution >= 0.6 is 0 Å². The predicted molar refractivity (Wildman–Crippen MR) is 45.2 cm³/mol. The van der Waals surface area contributed by atoms with Crippen LogP contribution < -0.4 is 0 Å². The van der Waals surface area contributed by atoms with E-state index in [0.29, 0.717) is 11.3 Å². The van der Waals surface area contributed by atoms with Crippen LogP contribution in [-0.4, -0.2) is 10.7 Å². The van der Waals surface area contributed by atoms with Gasteiger partial charge in [-0.25, -0.2) is 0 Å². The summed E-state index contributed by atoms with van der Waals surface area (Å²) in [6.45, 7) is 6.69. The molecule has 11 heavy (non-hydrogen) atoms. The Bertz CT molecular complexity index is 161. The van der Waals surface area contributed by atoms with Gasteiger partial charge < -0.3 is 5.11 Å². The highest BCUT2D eigenvalue weighted by Gasteiger charge is 2.58. The van der Waals surface area contributed by atoms with E-state index in [1.165, 1.54) is 12.8 Å². The number of rotatable bonds is 0. The van der Waals surface area contributed by atoms with Crippen molar-refractivity contribution in [2.24, 2.45) is 17.3 Å². The van der Waals surface area contributed by atoms with Crippen molar-refractivity contribution in [3.63, 3.8) is 0 Å². The summed E-state index contributed by atoms with van der Waals surface area (Å²) in [5.74, 6) is 1.43. The highest BCUT2D eigenvalue weighted by Crippen LogP contribution is 2.62. The van der Waals surface area contributed by atoms with E-state index in [9.17, 15) is 5.11 Å². The molecule has 0 amide bonds. The molecule has 3 atom stereocenters. The van der Waals surface area contributed by atoms with Crippen molar-refractivity contribution >= 4 is 0 Å². The Morgan fingerprint density at radius 3 is 2.27 bits per heavy atom. The first-order valence-corrected chi connectivity index (χ1v) is 4.66. The van der Waals surface area contributed by atoms with Gasteiger partial charge in [0.05, 0.1) is 5.60 Å². The van der Waals surface area contributed by atoms with E-state index in [1.807, 2.05) is 6.92 Å². The molecule has 0 spiro atoms. The normalized spacial score (nSPS) is 53.5. The molecule has 0 saturated heterocycles. The van der Waals surface area contributed by atoms with E-state index in [0.717, 1.165) is 12.3 Å². The van der Waals surface area contributed by atoms with Crippen LogP contribution in [0.2, 0.25) is 0 Å². The summed E-state index contributed by atoms with van der Waals surface area (Å²) in [5.41, 5.74) is 0.174. The second kappa shape index (κ2) is 1.82. The van der Waals surface area contributed by atoms with E-state index < -0.39 is 0 Å². The summed E-state index contributed by atoms with van der Waals surface area (Å²) in [5, 5.41) is 9.92. The maximum absolute atomic E-state index is 9.92. The third-order valence-electron chi connectivity index (χ3n) is 3.87. The van der Waals surface area contributed by atoms with Crippen LogP contribution in [-0.2, 0) is 0 Å². The smallest absolute Gasteiger partial charge is 0.0651 e. The molecule has 0 aromatic rings. The summed E-state index contributed by atoms with van der Waals surface area (Å²) in [7, 11) is 0. The van der Waals surface area contributed by atoms with Gasteiger partial charge >= 0.3 is 0 Å². The number of aliphatic hydroxyl groups is 1. The number of fused-ring (bicyclic) bond motifs is 1. The molecule has 2 fully saturated rings. The minimum atomic E-state index is -0.333. The van der Waals surface area contributed by atoms with Crippen molar-refractivity contribution in [3.05, 3.63) is 0 Å². The third kappa shape index (κ3) is 1.01. The average Bonchev–Trinajstić information content (AvgIpc) is 2.59. The van der Waals surface area contributed by atoms with Gasteiger partial charge in [0.15, 0.2) is 0 Å². The molecule has 0 aromatic heterocycles. The quantitative estimate of drug-likeness (QED) is 0.567. The van der Waals surface area contributed by atoms with Gasteiger partial charge in [0, 0.05) is 0 Å². The first-order chi connectivity index (χ1) is 4.93. The average molecular weight is 154 g/mol. The van der Waals surface area contributed by atoms with Gasteiger partial charge in [0.2, 0.25) is 0 Å². The van der Waals surface area contributed by atoms with Gasteiger partial charge in [0.25, 0.3) is 0 Å². The molecule has 2 saturated carbocycles. The fourth-order valence-electron chi connectivity index (χ4n) is 2.69. The zero-order valence-electron chi connectivity index (χ0n) is 7.72. The fraction of sp³-hybridized carbons (Fsp3) is 1.00. The first-order valence-electron chi connectivity index (χ1n) is 4.66. The molecular weight excluding hydrogens is 136 g/mol. The van der Waals surface area contributed by atoms with Crippen molar-refractivity contribution in [2.45, 2.75) is 45.6 Å². The van der Waals surface area contributed by atoms with Crippen LogP contribution in [0.15, 0.2) is 0 Å². The van der Waals surface area contributed by atoms with Gasteiger partial charge in [-0.3, -0.25) is 0 Å². The van der Waals surface area contributed by atoms with Crippen LogP contribution in [0.4, 0.5) is 0 Å². The van der Waals surface area contributed by atoms with Crippen LogP contribution in [0, 0.1) is 17.3 Å². The SMILES string of the molecule is CC1(C)CCC(C)(O)C2CC21. The van der Waals surface area contributed by atoms with Crippen molar-refractivity contribution < 1.29 is 5.11 Å². The highest BCUT2D eigenvalue weighted by atomic mass is 16.3. The van der Waals surface area contributed by atoms with E-state index in [-0.39, 0.29) is 5.60 Å². The fourth-order valence-corrected chi connectivity index (χ4v) is 2.69. The maximum Gasteiger partial charge on any atom is 0.0651 e. The molecule has 0 aromatic carbocycles. The molecule has 0 aliphatic heterocycles.